The number of nitrogens with two attached hydrogens (primary N) is 2. The Morgan fingerprint density at radius 3 is 2.73 bits per heavy atom. The zero-order valence-corrected chi connectivity index (χ0v) is 8.99. The van der Waals surface area contributed by atoms with Crippen molar-refractivity contribution in [1.82, 2.24) is 9.97 Å². The van der Waals surface area contributed by atoms with Crippen molar-refractivity contribution in [3.05, 3.63) is 29.6 Å². The maximum Gasteiger partial charge on any atom is 0.104 e. The third-order valence-corrected chi connectivity index (χ3v) is 2.58. The second kappa shape index (κ2) is 3.64. The molecule has 80 valence electrons. The average Bonchev–Trinajstić information content (AvgIpc) is 2.55. The van der Waals surface area contributed by atoms with Crippen LogP contribution in [0, 0.1) is 6.92 Å². The lowest BCUT2D eigenvalue weighted by Gasteiger charge is -2.15. The molecular weight excluding hydrogens is 188 g/mol. The van der Waals surface area contributed by atoms with Gasteiger partial charge in [-0.3, -0.25) is 0 Å². The lowest BCUT2D eigenvalue weighted by atomic mass is 10.0. The van der Waals surface area contributed by atoms with E-state index >= 15 is 0 Å². The summed E-state index contributed by atoms with van der Waals surface area (Å²) in [7, 11) is 0. The number of hydrogen-bond donors (Lipinski definition) is 3. The number of fused-ring (bicyclic) bond motifs is 1. The fraction of sp³-hybridized carbons (Fsp3) is 0.364. The van der Waals surface area contributed by atoms with E-state index in [1.54, 1.807) is 0 Å². The molecule has 0 saturated heterocycles. The van der Waals surface area contributed by atoms with Gasteiger partial charge in [0.25, 0.3) is 0 Å². The van der Waals surface area contributed by atoms with Gasteiger partial charge in [0.05, 0.1) is 11.0 Å². The highest BCUT2D eigenvalue weighted by Crippen LogP contribution is 2.18. The number of nitrogens with zero attached hydrogens (tertiary/aromatic N) is 1. The van der Waals surface area contributed by atoms with Gasteiger partial charge in [0.2, 0.25) is 0 Å². The van der Waals surface area contributed by atoms with Crippen LogP contribution >= 0.6 is 0 Å². The van der Waals surface area contributed by atoms with E-state index < -0.39 is 0 Å². The molecule has 2 unspecified atom stereocenters. The van der Waals surface area contributed by atoms with Gasteiger partial charge in [-0.1, -0.05) is 6.07 Å². The zero-order chi connectivity index (χ0) is 11.0. The molecule has 0 aliphatic carbocycles. The quantitative estimate of drug-likeness (QED) is 0.688. The van der Waals surface area contributed by atoms with Crippen molar-refractivity contribution >= 4 is 11.0 Å². The third kappa shape index (κ3) is 1.86. The van der Waals surface area contributed by atoms with Gasteiger partial charge in [0.1, 0.15) is 5.82 Å². The number of rotatable bonds is 2. The average molecular weight is 204 g/mol. The Balaban J connectivity index is 2.46. The molecule has 0 fully saturated rings. The van der Waals surface area contributed by atoms with Crippen molar-refractivity contribution in [2.24, 2.45) is 11.5 Å². The minimum Gasteiger partial charge on any atom is -0.342 e. The number of benzene rings is 1. The number of nitrogens with one attached hydrogen (secondary N) is 1. The first-order chi connectivity index (χ1) is 7.08. The Morgan fingerprint density at radius 2 is 2.07 bits per heavy atom. The predicted octanol–water partition coefficient (Wildman–Crippen LogP) is 1.22. The second-order valence-electron chi connectivity index (χ2n) is 3.98. The Morgan fingerprint density at radius 1 is 1.33 bits per heavy atom. The minimum absolute atomic E-state index is 0.0496. The van der Waals surface area contributed by atoms with Crippen LogP contribution in [0.1, 0.15) is 24.4 Å². The minimum atomic E-state index is -0.127. The summed E-state index contributed by atoms with van der Waals surface area (Å²) in [6.07, 6.45) is 0. The van der Waals surface area contributed by atoms with E-state index in [0.717, 1.165) is 22.4 Å². The molecule has 0 amide bonds. The first-order valence-corrected chi connectivity index (χ1v) is 5.05. The molecule has 2 atom stereocenters. The number of hydrogen-bond acceptors (Lipinski definition) is 3. The molecule has 4 heteroatoms. The van der Waals surface area contributed by atoms with Crippen LogP contribution in [0.2, 0.25) is 0 Å². The predicted molar refractivity (Wildman–Crippen MR) is 61.4 cm³/mol. The van der Waals surface area contributed by atoms with Gasteiger partial charge >= 0.3 is 0 Å². The van der Waals surface area contributed by atoms with E-state index in [4.69, 9.17) is 11.5 Å². The monoisotopic (exact) mass is 204 g/mol. The van der Waals surface area contributed by atoms with Crippen LogP contribution in [-0.4, -0.2) is 16.0 Å². The van der Waals surface area contributed by atoms with Crippen molar-refractivity contribution in [1.29, 1.82) is 0 Å². The standard InChI is InChI=1S/C11H16N4/c1-6(12)11(13)8-3-4-9-10(5-8)15-7(2)14-9/h3-6,11H,12-13H2,1-2H3,(H,14,15). The Kier molecular flexibility index (Phi) is 2.46. The van der Waals surface area contributed by atoms with Crippen LogP contribution in [-0.2, 0) is 0 Å². The topological polar surface area (TPSA) is 80.7 Å². The van der Waals surface area contributed by atoms with Crippen molar-refractivity contribution in [3.8, 4) is 0 Å². The summed E-state index contributed by atoms with van der Waals surface area (Å²) in [5.41, 5.74) is 14.8. The first kappa shape index (κ1) is 10.1. The van der Waals surface area contributed by atoms with Gasteiger partial charge in [-0.15, -0.1) is 0 Å². The fourth-order valence-corrected chi connectivity index (χ4v) is 1.67. The molecule has 0 aliphatic rings. The summed E-state index contributed by atoms with van der Waals surface area (Å²) in [6.45, 7) is 3.85. The molecule has 2 aromatic rings. The summed E-state index contributed by atoms with van der Waals surface area (Å²) in [6, 6.07) is 5.79. The zero-order valence-electron chi connectivity index (χ0n) is 8.99. The third-order valence-electron chi connectivity index (χ3n) is 2.58. The lowest BCUT2D eigenvalue weighted by molar-refractivity contribution is 0.589. The highest BCUT2D eigenvalue weighted by molar-refractivity contribution is 5.76. The maximum atomic E-state index is 5.98. The normalized spacial score (nSPS) is 15.5. The summed E-state index contributed by atoms with van der Waals surface area (Å²) < 4.78 is 0. The Hall–Kier alpha value is -1.39. The second-order valence-corrected chi connectivity index (χ2v) is 3.98. The first-order valence-electron chi connectivity index (χ1n) is 5.05. The summed E-state index contributed by atoms with van der Waals surface area (Å²) in [5, 5.41) is 0. The van der Waals surface area contributed by atoms with Crippen LogP contribution in [0.25, 0.3) is 11.0 Å². The van der Waals surface area contributed by atoms with Crippen LogP contribution in [0.5, 0.6) is 0 Å². The molecule has 1 aromatic carbocycles. The molecule has 0 radical (unpaired) electrons. The molecular formula is C11H16N4. The SMILES string of the molecule is Cc1nc2ccc(C(N)C(C)N)cc2[nH]1. The van der Waals surface area contributed by atoms with Gasteiger partial charge in [-0.25, -0.2) is 4.98 Å². The largest absolute Gasteiger partial charge is 0.342 e. The van der Waals surface area contributed by atoms with Crippen LogP contribution in [0.15, 0.2) is 18.2 Å². The van der Waals surface area contributed by atoms with E-state index in [-0.39, 0.29) is 12.1 Å². The smallest absolute Gasteiger partial charge is 0.104 e. The van der Waals surface area contributed by atoms with Crippen LogP contribution in [0.4, 0.5) is 0 Å². The fourth-order valence-electron chi connectivity index (χ4n) is 1.67. The molecule has 0 aliphatic heterocycles. The molecule has 1 heterocycles. The summed E-state index contributed by atoms with van der Waals surface area (Å²) in [5.74, 6) is 0.913. The van der Waals surface area contributed by atoms with E-state index in [0.29, 0.717) is 0 Å². The van der Waals surface area contributed by atoms with Gasteiger partial charge in [0, 0.05) is 12.1 Å². The molecule has 15 heavy (non-hydrogen) atoms. The molecule has 0 spiro atoms. The van der Waals surface area contributed by atoms with Crippen LogP contribution < -0.4 is 11.5 Å². The molecule has 0 bridgehead atoms. The summed E-state index contributed by atoms with van der Waals surface area (Å²) >= 11 is 0. The molecule has 5 N–H and O–H groups in total. The summed E-state index contributed by atoms with van der Waals surface area (Å²) in [4.78, 5) is 7.52. The van der Waals surface area contributed by atoms with E-state index in [2.05, 4.69) is 9.97 Å². The number of aromatic amines is 1. The van der Waals surface area contributed by atoms with Crippen molar-refractivity contribution in [3.63, 3.8) is 0 Å². The number of imidazole rings is 1. The van der Waals surface area contributed by atoms with Crippen molar-refractivity contribution in [2.75, 3.05) is 0 Å². The van der Waals surface area contributed by atoms with E-state index in [1.807, 2.05) is 32.0 Å². The molecule has 1 aromatic heterocycles. The van der Waals surface area contributed by atoms with Gasteiger partial charge in [-0.2, -0.15) is 0 Å². The Labute approximate surface area is 88.7 Å². The molecule has 0 saturated carbocycles. The van der Waals surface area contributed by atoms with Gasteiger partial charge in [-0.05, 0) is 31.5 Å². The van der Waals surface area contributed by atoms with Crippen LogP contribution in [0.3, 0.4) is 0 Å². The van der Waals surface area contributed by atoms with E-state index in [9.17, 15) is 0 Å². The van der Waals surface area contributed by atoms with E-state index in [1.165, 1.54) is 0 Å². The number of aryl methyl sites for hydroxylation is 1. The maximum absolute atomic E-state index is 5.98. The number of H-pyrrole nitrogens is 1. The Bertz CT molecular complexity index is 472. The number of aromatic nitrogens is 2. The van der Waals surface area contributed by atoms with Gasteiger partial charge in [0.15, 0.2) is 0 Å². The molecule has 2 rings (SSSR count). The molecule has 4 nitrogen and oxygen atoms in total. The lowest BCUT2D eigenvalue weighted by Crippen LogP contribution is -2.30. The van der Waals surface area contributed by atoms with Crippen molar-refractivity contribution in [2.45, 2.75) is 25.9 Å². The highest BCUT2D eigenvalue weighted by atomic mass is 14.9. The van der Waals surface area contributed by atoms with Crippen molar-refractivity contribution < 1.29 is 0 Å². The van der Waals surface area contributed by atoms with Gasteiger partial charge < -0.3 is 16.5 Å². The highest BCUT2D eigenvalue weighted by Gasteiger charge is 2.11.